The van der Waals surface area contributed by atoms with Crippen LogP contribution in [0, 0.1) is 0 Å². The highest BCUT2D eigenvalue weighted by Crippen LogP contribution is 2.06. The number of carboxylic acid groups (broad SMARTS) is 1. The van der Waals surface area contributed by atoms with E-state index in [9.17, 15) is 14.4 Å². The van der Waals surface area contributed by atoms with Crippen LogP contribution in [-0.2, 0) is 14.3 Å². The highest BCUT2D eigenvalue weighted by atomic mass is 32.2. The summed E-state index contributed by atoms with van der Waals surface area (Å²) < 4.78 is 5.06. The Labute approximate surface area is 129 Å². The number of carboxylic acids is 1. The number of alkyl carbamates (subject to hydrolysis) is 1. The molecular weight excluding hydrogens is 296 g/mol. The number of carbonyl (C=O) groups is 3. The summed E-state index contributed by atoms with van der Waals surface area (Å²) in [6, 6.07) is -0.849. The number of nitrogens with one attached hydrogen (secondary N) is 2. The number of hydrogen-bond acceptors (Lipinski definition) is 5. The maximum absolute atomic E-state index is 11.5. The summed E-state index contributed by atoms with van der Waals surface area (Å²) in [5.74, 6) is -0.676. The molecule has 2 amide bonds. The van der Waals surface area contributed by atoms with E-state index in [-0.39, 0.29) is 11.7 Å². The molecule has 0 aromatic carbocycles. The molecule has 0 aliphatic heterocycles. The topological polar surface area (TPSA) is 105 Å². The molecule has 0 aromatic rings. The van der Waals surface area contributed by atoms with Gasteiger partial charge in [0.05, 0.1) is 5.75 Å². The van der Waals surface area contributed by atoms with Gasteiger partial charge in [0.2, 0.25) is 5.91 Å². The van der Waals surface area contributed by atoms with Crippen LogP contribution >= 0.6 is 11.8 Å². The molecule has 0 aliphatic rings. The Morgan fingerprint density at radius 3 is 2.38 bits per heavy atom. The van der Waals surface area contributed by atoms with E-state index in [1.807, 2.05) is 0 Å². The minimum absolute atomic E-state index is 0.153. The van der Waals surface area contributed by atoms with Gasteiger partial charge < -0.3 is 20.5 Å². The molecule has 0 saturated carbocycles. The molecule has 21 heavy (non-hydrogen) atoms. The number of rotatable bonds is 8. The fourth-order valence-corrected chi connectivity index (χ4v) is 1.94. The van der Waals surface area contributed by atoms with Gasteiger partial charge in [0.1, 0.15) is 11.6 Å². The van der Waals surface area contributed by atoms with Gasteiger partial charge in [-0.15, -0.1) is 0 Å². The molecule has 1 unspecified atom stereocenters. The summed E-state index contributed by atoms with van der Waals surface area (Å²) in [6.07, 6.45) is -0.157. The molecule has 0 saturated heterocycles. The fraction of sp³-hybridized carbons (Fsp3) is 0.769. The van der Waals surface area contributed by atoms with Crippen LogP contribution in [0.2, 0.25) is 0 Å². The molecule has 3 N–H and O–H groups in total. The first-order chi connectivity index (χ1) is 9.65. The molecule has 0 aromatic heterocycles. The molecule has 0 spiro atoms. The second kappa shape index (κ2) is 9.49. The van der Waals surface area contributed by atoms with E-state index < -0.39 is 23.7 Å². The maximum atomic E-state index is 11.5. The highest BCUT2D eigenvalue weighted by Gasteiger charge is 2.17. The molecule has 122 valence electrons. The first-order valence-electron chi connectivity index (χ1n) is 6.72. The summed E-state index contributed by atoms with van der Waals surface area (Å²) in [5.41, 5.74) is -0.539. The zero-order valence-corrected chi connectivity index (χ0v) is 13.7. The zero-order chi connectivity index (χ0) is 16.5. The van der Waals surface area contributed by atoms with Crippen molar-refractivity contribution < 1.29 is 24.2 Å². The lowest BCUT2D eigenvalue weighted by molar-refractivity contribution is -0.141. The SMILES string of the molecule is CCC(NC(=O)CSCCNC(=O)OC(C)(C)C)C(=O)O. The maximum Gasteiger partial charge on any atom is 0.407 e. The number of carbonyl (C=O) groups excluding carboxylic acids is 2. The van der Waals surface area contributed by atoms with Gasteiger partial charge >= 0.3 is 12.1 Å². The summed E-state index contributed by atoms with van der Waals surface area (Å²) in [5, 5.41) is 13.8. The van der Waals surface area contributed by atoms with E-state index in [1.54, 1.807) is 27.7 Å². The van der Waals surface area contributed by atoms with Crippen LogP contribution in [0.1, 0.15) is 34.1 Å². The van der Waals surface area contributed by atoms with Gasteiger partial charge in [-0.3, -0.25) is 4.79 Å². The summed E-state index contributed by atoms with van der Waals surface area (Å²) in [7, 11) is 0. The zero-order valence-electron chi connectivity index (χ0n) is 12.9. The smallest absolute Gasteiger partial charge is 0.407 e. The van der Waals surface area contributed by atoms with Crippen molar-refractivity contribution in [2.75, 3.05) is 18.1 Å². The van der Waals surface area contributed by atoms with Crippen molar-refractivity contribution in [2.45, 2.75) is 45.8 Å². The highest BCUT2D eigenvalue weighted by molar-refractivity contribution is 7.99. The Morgan fingerprint density at radius 2 is 1.90 bits per heavy atom. The number of ether oxygens (including phenoxy) is 1. The van der Waals surface area contributed by atoms with E-state index in [0.717, 1.165) is 0 Å². The molecule has 0 aliphatic carbocycles. The molecule has 0 heterocycles. The van der Waals surface area contributed by atoms with Crippen LogP contribution in [0.15, 0.2) is 0 Å². The van der Waals surface area contributed by atoms with E-state index in [4.69, 9.17) is 9.84 Å². The first kappa shape index (κ1) is 19.6. The van der Waals surface area contributed by atoms with E-state index in [0.29, 0.717) is 18.7 Å². The number of thioether (sulfide) groups is 1. The van der Waals surface area contributed by atoms with Crippen LogP contribution < -0.4 is 10.6 Å². The number of amides is 2. The minimum Gasteiger partial charge on any atom is -0.480 e. The van der Waals surface area contributed by atoms with Gasteiger partial charge in [-0.05, 0) is 27.2 Å². The third-order valence-electron chi connectivity index (χ3n) is 2.19. The van der Waals surface area contributed by atoms with Gasteiger partial charge in [0.25, 0.3) is 0 Å². The van der Waals surface area contributed by atoms with Crippen LogP contribution in [0.3, 0.4) is 0 Å². The predicted molar refractivity (Wildman–Crippen MR) is 81.4 cm³/mol. The van der Waals surface area contributed by atoms with Crippen molar-refractivity contribution in [1.82, 2.24) is 10.6 Å². The van der Waals surface area contributed by atoms with Crippen molar-refractivity contribution >= 4 is 29.7 Å². The summed E-state index contributed by atoms with van der Waals surface area (Å²) in [4.78, 5) is 33.6. The number of hydrogen-bond donors (Lipinski definition) is 3. The standard InChI is InChI=1S/C13H24N2O5S/c1-5-9(11(17)18)15-10(16)8-21-7-6-14-12(19)20-13(2,3)4/h9H,5-8H2,1-4H3,(H,14,19)(H,15,16)(H,17,18). The first-order valence-corrected chi connectivity index (χ1v) is 7.88. The minimum atomic E-state index is -1.04. The lowest BCUT2D eigenvalue weighted by Gasteiger charge is -2.19. The normalized spacial score (nSPS) is 12.4. The monoisotopic (exact) mass is 320 g/mol. The third kappa shape index (κ3) is 10.9. The van der Waals surface area contributed by atoms with Crippen LogP contribution in [0.5, 0.6) is 0 Å². The Balaban J connectivity index is 3.74. The summed E-state index contributed by atoms with van der Waals surface area (Å²) >= 11 is 1.31. The molecule has 0 radical (unpaired) electrons. The lowest BCUT2D eigenvalue weighted by atomic mass is 10.2. The van der Waals surface area contributed by atoms with Crippen molar-refractivity contribution in [3.63, 3.8) is 0 Å². The van der Waals surface area contributed by atoms with Crippen molar-refractivity contribution in [2.24, 2.45) is 0 Å². The predicted octanol–water partition coefficient (Wildman–Crippen LogP) is 1.22. The molecule has 8 heteroatoms. The molecular formula is C13H24N2O5S. The number of aliphatic carboxylic acids is 1. The Kier molecular flexibility index (Phi) is 8.84. The van der Waals surface area contributed by atoms with Gasteiger partial charge in [-0.1, -0.05) is 6.92 Å². The lowest BCUT2D eigenvalue weighted by Crippen LogP contribution is -2.41. The van der Waals surface area contributed by atoms with Gasteiger partial charge in [0, 0.05) is 12.3 Å². The Bertz CT molecular complexity index is 368. The van der Waals surface area contributed by atoms with E-state index in [1.165, 1.54) is 11.8 Å². The summed E-state index contributed by atoms with van der Waals surface area (Å²) in [6.45, 7) is 7.40. The van der Waals surface area contributed by atoms with Crippen molar-refractivity contribution in [1.29, 1.82) is 0 Å². The third-order valence-corrected chi connectivity index (χ3v) is 3.15. The van der Waals surface area contributed by atoms with E-state index >= 15 is 0 Å². The molecule has 0 bridgehead atoms. The van der Waals surface area contributed by atoms with Crippen LogP contribution in [0.4, 0.5) is 4.79 Å². The van der Waals surface area contributed by atoms with E-state index in [2.05, 4.69) is 10.6 Å². The Morgan fingerprint density at radius 1 is 1.29 bits per heavy atom. The van der Waals surface area contributed by atoms with Crippen LogP contribution in [-0.4, -0.2) is 52.8 Å². The average Bonchev–Trinajstić information content (AvgIpc) is 2.32. The average molecular weight is 320 g/mol. The molecule has 0 rings (SSSR count). The fourth-order valence-electron chi connectivity index (χ4n) is 1.28. The molecule has 7 nitrogen and oxygen atoms in total. The molecule has 1 atom stereocenters. The van der Waals surface area contributed by atoms with Gasteiger partial charge in [0.15, 0.2) is 0 Å². The van der Waals surface area contributed by atoms with Crippen molar-refractivity contribution in [3.8, 4) is 0 Å². The second-order valence-electron chi connectivity index (χ2n) is 5.35. The van der Waals surface area contributed by atoms with Crippen LogP contribution in [0.25, 0.3) is 0 Å². The van der Waals surface area contributed by atoms with Crippen molar-refractivity contribution in [3.05, 3.63) is 0 Å². The largest absolute Gasteiger partial charge is 0.480 e. The van der Waals surface area contributed by atoms with Gasteiger partial charge in [-0.2, -0.15) is 11.8 Å². The quantitative estimate of drug-likeness (QED) is 0.581. The molecule has 0 fully saturated rings. The Hall–Kier alpha value is -1.44. The second-order valence-corrected chi connectivity index (χ2v) is 6.45. The van der Waals surface area contributed by atoms with Gasteiger partial charge in [-0.25, -0.2) is 9.59 Å².